The maximum Gasteiger partial charge on any atom is 0.297 e. The summed E-state index contributed by atoms with van der Waals surface area (Å²) >= 11 is 8.90. The van der Waals surface area contributed by atoms with Gasteiger partial charge in [0.15, 0.2) is 5.69 Å². The molecule has 0 atom stereocenters. The first-order valence-corrected chi connectivity index (χ1v) is 8.95. The van der Waals surface area contributed by atoms with E-state index in [9.17, 15) is 18.4 Å². The molecule has 0 spiro atoms. The fourth-order valence-electron chi connectivity index (χ4n) is 2.37. The number of nitriles is 1. The summed E-state index contributed by atoms with van der Waals surface area (Å²) in [5, 5.41) is 14.7. The van der Waals surface area contributed by atoms with Gasteiger partial charge in [0.1, 0.15) is 10.9 Å². The van der Waals surface area contributed by atoms with Crippen molar-refractivity contribution in [2.75, 3.05) is 0 Å². The summed E-state index contributed by atoms with van der Waals surface area (Å²) in [6, 6.07) is 7.30. The Balaban J connectivity index is 2.08. The van der Waals surface area contributed by atoms with Gasteiger partial charge >= 0.3 is 0 Å². The Morgan fingerprint density at radius 1 is 1.31 bits per heavy atom. The first-order chi connectivity index (χ1) is 13.8. The normalized spacial score (nSPS) is 10.8. The molecule has 3 aromatic rings. The molecule has 0 saturated heterocycles. The van der Waals surface area contributed by atoms with Gasteiger partial charge in [0.2, 0.25) is 5.75 Å². The number of benzene rings is 1. The maximum atomic E-state index is 13.4. The second-order valence-corrected chi connectivity index (χ2v) is 6.93. The average Bonchev–Trinajstić information content (AvgIpc) is 2.67. The van der Waals surface area contributed by atoms with E-state index in [1.54, 1.807) is 0 Å². The zero-order valence-electron chi connectivity index (χ0n) is 14.2. The fraction of sp³-hybridized carbons (Fsp3) is 0.118. The molecule has 1 N–H and O–H groups in total. The lowest BCUT2D eigenvalue weighted by Crippen LogP contribution is -2.27. The van der Waals surface area contributed by atoms with Crippen LogP contribution in [0.4, 0.5) is 8.78 Å². The molecule has 0 fully saturated rings. The van der Waals surface area contributed by atoms with Crippen molar-refractivity contribution >= 4 is 27.5 Å². The second-order valence-electron chi connectivity index (χ2n) is 5.63. The van der Waals surface area contributed by atoms with E-state index >= 15 is 0 Å². The summed E-state index contributed by atoms with van der Waals surface area (Å²) in [5.74, 6) is -0.736. The monoisotopic (exact) mass is 483 g/mol. The molecule has 148 valence electrons. The largest absolute Gasteiger partial charge is 0.449 e. The Labute approximate surface area is 174 Å². The second kappa shape index (κ2) is 8.50. The molecule has 0 aliphatic rings. The third kappa shape index (κ3) is 4.67. The van der Waals surface area contributed by atoms with Crippen molar-refractivity contribution in [1.29, 1.82) is 5.26 Å². The van der Waals surface area contributed by atoms with Crippen LogP contribution >= 0.6 is 27.5 Å². The number of ether oxygens (including phenoxy) is 1. The molecule has 8 nitrogen and oxygen atoms in total. The molecule has 0 unspecified atom stereocenters. The number of hydrogen-bond donors (Lipinski definition) is 1. The van der Waals surface area contributed by atoms with Crippen LogP contribution in [0, 0.1) is 11.3 Å². The summed E-state index contributed by atoms with van der Waals surface area (Å²) < 4.78 is 33.5. The Morgan fingerprint density at radius 2 is 2.07 bits per heavy atom. The topological polar surface area (TPSA) is 114 Å². The van der Waals surface area contributed by atoms with Crippen LogP contribution in [0.2, 0.25) is 5.15 Å². The van der Waals surface area contributed by atoms with E-state index in [1.807, 2.05) is 6.07 Å². The summed E-state index contributed by atoms with van der Waals surface area (Å²) in [5.41, 5.74) is -2.16. The van der Waals surface area contributed by atoms with Gasteiger partial charge in [0.25, 0.3) is 17.5 Å². The van der Waals surface area contributed by atoms with Crippen LogP contribution in [0.3, 0.4) is 0 Å². The van der Waals surface area contributed by atoms with Crippen molar-refractivity contribution in [2.24, 2.45) is 0 Å². The number of halogens is 4. The number of rotatable bonds is 5. The van der Waals surface area contributed by atoms with Crippen molar-refractivity contribution in [1.82, 2.24) is 19.7 Å². The molecule has 29 heavy (non-hydrogen) atoms. The highest BCUT2D eigenvalue weighted by atomic mass is 79.9. The molecule has 3 rings (SSSR count). The highest BCUT2D eigenvalue weighted by Crippen LogP contribution is 2.30. The predicted octanol–water partition coefficient (Wildman–Crippen LogP) is 3.39. The van der Waals surface area contributed by atoms with Crippen molar-refractivity contribution in [2.45, 2.75) is 13.0 Å². The molecule has 0 radical (unpaired) electrons. The predicted molar refractivity (Wildman–Crippen MR) is 101 cm³/mol. The van der Waals surface area contributed by atoms with Crippen LogP contribution in [-0.4, -0.2) is 19.7 Å². The molecule has 0 aliphatic heterocycles. The van der Waals surface area contributed by atoms with Gasteiger partial charge in [-0.05, 0) is 24.3 Å². The molecule has 0 saturated carbocycles. The summed E-state index contributed by atoms with van der Waals surface area (Å²) in [6.45, 7) is -0.300. The Bertz CT molecular complexity index is 1240. The van der Waals surface area contributed by atoms with E-state index in [0.717, 1.165) is 10.9 Å². The molecule has 12 heteroatoms. The Hall–Kier alpha value is -3.10. The third-order valence-corrected chi connectivity index (χ3v) is 4.29. The zero-order chi connectivity index (χ0) is 21.1. The average molecular weight is 485 g/mol. The van der Waals surface area contributed by atoms with E-state index in [1.165, 1.54) is 24.3 Å². The van der Waals surface area contributed by atoms with Crippen LogP contribution in [0.5, 0.6) is 11.5 Å². The molecule has 2 heterocycles. The van der Waals surface area contributed by atoms with Crippen LogP contribution < -0.4 is 15.9 Å². The van der Waals surface area contributed by atoms with E-state index in [0.29, 0.717) is 4.47 Å². The third-order valence-electron chi connectivity index (χ3n) is 3.64. The van der Waals surface area contributed by atoms with Crippen molar-refractivity contribution in [3.05, 3.63) is 77.7 Å². The molecule has 0 amide bonds. The van der Waals surface area contributed by atoms with Crippen LogP contribution in [-0.2, 0) is 6.54 Å². The summed E-state index contributed by atoms with van der Waals surface area (Å²) in [4.78, 5) is 28.2. The number of aromatic amines is 1. The minimum Gasteiger partial charge on any atom is -0.449 e. The quantitative estimate of drug-likeness (QED) is 0.594. The highest BCUT2D eigenvalue weighted by molar-refractivity contribution is 9.10. The zero-order valence-corrected chi connectivity index (χ0v) is 16.5. The number of hydrogen-bond acceptors (Lipinski definition) is 6. The first-order valence-electron chi connectivity index (χ1n) is 7.78. The van der Waals surface area contributed by atoms with E-state index in [-0.39, 0.29) is 28.6 Å². The van der Waals surface area contributed by atoms with Gasteiger partial charge in [-0.15, -0.1) is 0 Å². The lowest BCUT2D eigenvalue weighted by molar-refractivity contribution is 0.141. The minimum absolute atomic E-state index is 0.0144. The fourth-order valence-corrected chi connectivity index (χ4v) is 3.02. The van der Waals surface area contributed by atoms with Crippen molar-refractivity contribution in [3.63, 3.8) is 0 Å². The van der Waals surface area contributed by atoms with Crippen LogP contribution in [0.25, 0.3) is 0 Å². The van der Waals surface area contributed by atoms with Crippen molar-refractivity contribution < 1.29 is 13.5 Å². The van der Waals surface area contributed by atoms with Gasteiger partial charge in [-0.2, -0.15) is 10.4 Å². The minimum atomic E-state index is -3.09. The lowest BCUT2D eigenvalue weighted by Gasteiger charge is -2.13. The number of nitrogens with one attached hydrogen (secondary N) is 1. The van der Waals surface area contributed by atoms with Gasteiger partial charge in [0.05, 0.1) is 24.5 Å². The molecule has 2 aromatic heterocycles. The van der Waals surface area contributed by atoms with E-state index in [4.69, 9.17) is 21.6 Å². The van der Waals surface area contributed by atoms with E-state index in [2.05, 4.69) is 31.1 Å². The number of nitrogens with zero attached hydrogens (tertiary/aromatic N) is 4. The molecule has 0 aliphatic carbocycles. The summed E-state index contributed by atoms with van der Waals surface area (Å²) in [7, 11) is 0. The first kappa shape index (κ1) is 20.6. The van der Waals surface area contributed by atoms with E-state index < -0.39 is 29.0 Å². The molecular formula is C17H9BrClF2N5O3. The number of aromatic nitrogens is 4. The van der Waals surface area contributed by atoms with Crippen LogP contribution in [0.1, 0.15) is 23.2 Å². The Morgan fingerprint density at radius 3 is 2.76 bits per heavy atom. The lowest BCUT2D eigenvalue weighted by atomic mass is 10.2. The molecular weight excluding hydrogens is 476 g/mol. The molecule has 0 bridgehead atoms. The van der Waals surface area contributed by atoms with Gasteiger partial charge in [-0.3, -0.25) is 14.2 Å². The van der Waals surface area contributed by atoms with Gasteiger partial charge in [-0.1, -0.05) is 27.5 Å². The number of H-pyrrole nitrogens is 1. The summed E-state index contributed by atoms with van der Waals surface area (Å²) in [6.07, 6.45) is -2.21. The SMILES string of the molecule is N#Cc1cc(Br)cc(Oc2c(C(F)F)ncn(Cc3cc(Cl)n[nH]c3=O)c2=O)c1. The van der Waals surface area contributed by atoms with Gasteiger partial charge in [-0.25, -0.2) is 18.9 Å². The molecule has 1 aromatic carbocycles. The standard InChI is InChI=1S/C17H9BrClF2N5O3/c18-10-1-8(5-22)2-11(4-10)29-14-13(15(20)21)23-7-26(17(14)28)6-9-3-12(19)24-25-16(9)27/h1-4,7,15H,6H2,(H,25,27). The Kier molecular flexibility index (Phi) is 6.05. The smallest absolute Gasteiger partial charge is 0.297 e. The van der Waals surface area contributed by atoms with Gasteiger partial charge < -0.3 is 4.74 Å². The highest BCUT2D eigenvalue weighted by Gasteiger charge is 2.22. The maximum absolute atomic E-state index is 13.4. The van der Waals surface area contributed by atoms with Crippen molar-refractivity contribution in [3.8, 4) is 17.6 Å². The van der Waals surface area contributed by atoms with Crippen LogP contribution in [0.15, 0.2) is 44.7 Å². The number of alkyl halides is 2. The van der Waals surface area contributed by atoms with Gasteiger partial charge in [0, 0.05) is 10.0 Å².